The van der Waals surface area contributed by atoms with E-state index < -0.39 is 0 Å². The topological polar surface area (TPSA) is 35.5 Å². The first-order valence-corrected chi connectivity index (χ1v) is 7.33. The number of likely N-dealkylation sites (tertiary alicyclic amines) is 1. The van der Waals surface area contributed by atoms with Crippen LogP contribution < -0.4 is 5.32 Å². The molecule has 2 N–H and O–H groups in total. The predicted molar refractivity (Wildman–Crippen MR) is 71.2 cm³/mol. The van der Waals surface area contributed by atoms with Gasteiger partial charge in [-0.3, -0.25) is 0 Å². The van der Waals surface area contributed by atoms with Gasteiger partial charge in [0.05, 0.1) is 6.61 Å². The molecule has 1 saturated carbocycles. The maximum Gasteiger partial charge on any atom is 0.0614 e. The van der Waals surface area contributed by atoms with Crippen molar-refractivity contribution in [3.8, 4) is 0 Å². The molecule has 1 aliphatic carbocycles. The molecule has 1 aliphatic heterocycles. The summed E-state index contributed by atoms with van der Waals surface area (Å²) in [6.45, 7) is 2.60. The van der Waals surface area contributed by atoms with Crippen molar-refractivity contribution in [1.29, 1.82) is 0 Å². The highest BCUT2D eigenvalue weighted by Crippen LogP contribution is 2.28. The van der Waals surface area contributed by atoms with Crippen LogP contribution in [0.25, 0.3) is 0 Å². The van der Waals surface area contributed by atoms with Crippen molar-refractivity contribution in [2.45, 2.75) is 62.9 Å². The molecule has 1 saturated heterocycles. The van der Waals surface area contributed by atoms with Crippen molar-refractivity contribution in [3.63, 3.8) is 0 Å². The first-order valence-electron chi connectivity index (χ1n) is 7.33. The Labute approximate surface area is 106 Å². The van der Waals surface area contributed by atoms with E-state index in [0.717, 1.165) is 32.0 Å². The third-order valence-corrected chi connectivity index (χ3v) is 4.93. The van der Waals surface area contributed by atoms with E-state index in [0.29, 0.717) is 0 Å². The van der Waals surface area contributed by atoms with E-state index in [9.17, 15) is 5.11 Å². The van der Waals surface area contributed by atoms with Gasteiger partial charge in [-0.05, 0) is 32.7 Å². The molecule has 0 bridgehead atoms. The summed E-state index contributed by atoms with van der Waals surface area (Å²) < 4.78 is 0. The normalized spacial score (nSPS) is 27.9. The molecule has 0 amide bonds. The van der Waals surface area contributed by atoms with Crippen LogP contribution in [0.3, 0.4) is 0 Å². The van der Waals surface area contributed by atoms with E-state index in [-0.39, 0.29) is 12.1 Å². The second-order valence-corrected chi connectivity index (χ2v) is 5.87. The average Bonchev–Trinajstić information content (AvgIpc) is 2.68. The largest absolute Gasteiger partial charge is 0.394 e. The Morgan fingerprint density at radius 3 is 2.18 bits per heavy atom. The molecular formula is C14H28N2O. The number of likely N-dealkylation sites (N-methyl/N-ethyl adjacent to an activating group) is 1. The van der Waals surface area contributed by atoms with E-state index in [4.69, 9.17) is 0 Å². The number of aliphatic hydroxyl groups is 1. The lowest BCUT2D eigenvalue weighted by Gasteiger charge is -2.43. The van der Waals surface area contributed by atoms with Crippen molar-refractivity contribution in [3.05, 3.63) is 0 Å². The third-order valence-electron chi connectivity index (χ3n) is 4.93. The number of nitrogens with zero attached hydrogens (tertiary/aromatic N) is 1. The molecule has 3 heteroatoms. The number of rotatable bonds is 3. The highest BCUT2D eigenvalue weighted by molar-refractivity contribution is 4.93. The van der Waals surface area contributed by atoms with Crippen molar-refractivity contribution in [2.24, 2.45) is 0 Å². The van der Waals surface area contributed by atoms with Crippen LogP contribution in [0.2, 0.25) is 0 Å². The van der Waals surface area contributed by atoms with Crippen LogP contribution in [0.5, 0.6) is 0 Å². The highest BCUT2D eigenvalue weighted by Gasteiger charge is 2.34. The summed E-state index contributed by atoms with van der Waals surface area (Å²) in [5, 5.41) is 12.8. The van der Waals surface area contributed by atoms with Crippen molar-refractivity contribution < 1.29 is 5.11 Å². The molecular weight excluding hydrogens is 212 g/mol. The van der Waals surface area contributed by atoms with Gasteiger partial charge in [0.25, 0.3) is 0 Å². The lowest BCUT2D eigenvalue weighted by molar-refractivity contribution is 0.0585. The Kier molecular flexibility index (Phi) is 4.83. The van der Waals surface area contributed by atoms with E-state index >= 15 is 0 Å². The molecule has 2 rings (SSSR count). The van der Waals surface area contributed by atoms with Crippen molar-refractivity contribution >= 4 is 0 Å². The smallest absolute Gasteiger partial charge is 0.0614 e. The second-order valence-electron chi connectivity index (χ2n) is 5.87. The van der Waals surface area contributed by atoms with Gasteiger partial charge in [0, 0.05) is 24.7 Å². The molecule has 0 radical (unpaired) electrons. The minimum absolute atomic E-state index is 0.00122. The fourth-order valence-corrected chi connectivity index (χ4v) is 3.43. The van der Waals surface area contributed by atoms with E-state index in [1.54, 1.807) is 0 Å². The Morgan fingerprint density at radius 2 is 1.71 bits per heavy atom. The number of aliphatic hydroxyl groups excluding tert-OH is 1. The Morgan fingerprint density at radius 1 is 1.12 bits per heavy atom. The van der Waals surface area contributed by atoms with Crippen LogP contribution in [-0.4, -0.2) is 48.3 Å². The third kappa shape index (κ3) is 3.21. The molecule has 1 heterocycles. The molecule has 2 aliphatic rings. The van der Waals surface area contributed by atoms with Gasteiger partial charge < -0.3 is 15.3 Å². The van der Waals surface area contributed by atoms with Gasteiger partial charge in [-0.25, -0.2) is 0 Å². The Balaban J connectivity index is 1.85. The molecule has 17 heavy (non-hydrogen) atoms. The zero-order valence-electron chi connectivity index (χ0n) is 11.2. The first-order chi connectivity index (χ1) is 8.29. The lowest BCUT2D eigenvalue weighted by Crippen LogP contribution is -2.56. The van der Waals surface area contributed by atoms with Gasteiger partial charge in [0.15, 0.2) is 0 Å². The molecule has 2 fully saturated rings. The molecule has 3 nitrogen and oxygen atoms in total. The Hall–Kier alpha value is -0.120. The SMILES string of the molecule is CNC1(CO)CCN(C2CCCCCC2)CC1. The number of hydrogen-bond acceptors (Lipinski definition) is 3. The minimum atomic E-state index is 0.00122. The van der Waals surface area contributed by atoms with Crippen molar-refractivity contribution in [2.75, 3.05) is 26.7 Å². The summed E-state index contributed by atoms with van der Waals surface area (Å²) in [4.78, 5) is 2.68. The summed E-state index contributed by atoms with van der Waals surface area (Å²) >= 11 is 0. The summed E-state index contributed by atoms with van der Waals surface area (Å²) in [6, 6.07) is 0.825. The molecule has 0 spiro atoms. The van der Waals surface area contributed by atoms with Crippen LogP contribution in [0.15, 0.2) is 0 Å². The molecule has 0 aromatic heterocycles. The van der Waals surface area contributed by atoms with E-state index in [2.05, 4.69) is 10.2 Å². The summed E-state index contributed by atoms with van der Waals surface area (Å²) in [6.07, 6.45) is 10.7. The average molecular weight is 240 g/mol. The minimum Gasteiger partial charge on any atom is -0.394 e. The number of piperidine rings is 1. The Bertz CT molecular complexity index is 210. The van der Waals surface area contributed by atoms with Gasteiger partial charge in [-0.1, -0.05) is 25.7 Å². The van der Waals surface area contributed by atoms with Crippen LogP contribution in [0.4, 0.5) is 0 Å². The van der Waals surface area contributed by atoms with Crippen LogP contribution in [-0.2, 0) is 0 Å². The van der Waals surface area contributed by atoms with Crippen molar-refractivity contribution in [1.82, 2.24) is 10.2 Å². The summed E-state index contributed by atoms with van der Waals surface area (Å²) in [5.74, 6) is 0. The monoisotopic (exact) mass is 240 g/mol. The maximum absolute atomic E-state index is 9.50. The fourth-order valence-electron chi connectivity index (χ4n) is 3.43. The standard InChI is InChI=1S/C14H28N2O/c1-15-14(12-17)8-10-16(11-9-14)13-6-4-2-3-5-7-13/h13,15,17H,2-12H2,1H3. The molecule has 0 aromatic rings. The van der Waals surface area contributed by atoms with Crippen LogP contribution >= 0.6 is 0 Å². The van der Waals surface area contributed by atoms with Gasteiger partial charge in [0.2, 0.25) is 0 Å². The van der Waals surface area contributed by atoms with E-state index in [1.807, 2.05) is 7.05 Å². The van der Waals surface area contributed by atoms with Gasteiger partial charge in [0.1, 0.15) is 0 Å². The molecule has 0 unspecified atom stereocenters. The second kappa shape index (κ2) is 6.17. The highest BCUT2D eigenvalue weighted by atomic mass is 16.3. The number of hydrogen-bond donors (Lipinski definition) is 2. The summed E-state index contributed by atoms with van der Waals surface area (Å²) in [7, 11) is 1.98. The van der Waals surface area contributed by atoms with Crippen LogP contribution in [0, 0.1) is 0 Å². The zero-order chi connectivity index (χ0) is 12.1. The van der Waals surface area contributed by atoms with Crippen LogP contribution in [0.1, 0.15) is 51.4 Å². The molecule has 0 atom stereocenters. The van der Waals surface area contributed by atoms with Gasteiger partial charge in [-0.15, -0.1) is 0 Å². The lowest BCUT2D eigenvalue weighted by atomic mass is 9.87. The molecule has 100 valence electrons. The van der Waals surface area contributed by atoms with Gasteiger partial charge >= 0.3 is 0 Å². The zero-order valence-corrected chi connectivity index (χ0v) is 11.2. The van der Waals surface area contributed by atoms with Gasteiger partial charge in [-0.2, -0.15) is 0 Å². The first kappa shape index (κ1) is 13.3. The quantitative estimate of drug-likeness (QED) is 0.738. The summed E-state index contributed by atoms with van der Waals surface area (Å²) in [5.41, 5.74) is 0.00122. The fraction of sp³-hybridized carbons (Fsp3) is 1.00. The predicted octanol–water partition coefficient (Wildman–Crippen LogP) is 1.76. The number of nitrogens with one attached hydrogen (secondary N) is 1. The van der Waals surface area contributed by atoms with E-state index in [1.165, 1.54) is 38.5 Å². The maximum atomic E-state index is 9.50. The molecule has 0 aromatic carbocycles.